The zero-order valence-electron chi connectivity index (χ0n) is 11.1. The first-order valence-corrected chi connectivity index (χ1v) is 6.94. The summed E-state index contributed by atoms with van der Waals surface area (Å²) in [6.07, 6.45) is 1.48. The van der Waals surface area contributed by atoms with Crippen molar-refractivity contribution < 1.29 is 13.9 Å². The number of ether oxygens (including phenoxy) is 1. The van der Waals surface area contributed by atoms with Crippen molar-refractivity contribution in [2.24, 2.45) is 0 Å². The lowest BCUT2D eigenvalue weighted by atomic mass is 9.87. The number of methoxy groups -OCH3 is 1. The minimum Gasteiger partial charge on any atom is -0.489 e. The lowest BCUT2D eigenvalue weighted by Gasteiger charge is -2.20. The van der Waals surface area contributed by atoms with Crippen LogP contribution >= 0.6 is 0 Å². The van der Waals surface area contributed by atoms with Crippen LogP contribution in [0.25, 0.3) is 0 Å². The van der Waals surface area contributed by atoms with Gasteiger partial charge in [0.15, 0.2) is 0 Å². The van der Waals surface area contributed by atoms with Crippen LogP contribution in [0.4, 0.5) is 5.69 Å². The highest BCUT2D eigenvalue weighted by atomic mass is 32.2. The van der Waals surface area contributed by atoms with Crippen LogP contribution in [-0.4, -0.2) is 22.5 Å². The lowest BCUT2D eigenvalue weighted by molar-refractivity contribution is -0.386. The molecule has 0 saturated carbocycles. The molecule has 0 heterocycles. The van der Waals surface area contributed by atoms with Crippen molar-refractivity contribution in [3.8, 4) is 5.75 Å². The Balaban J connectivity index is 3.65. The van der Waals surface area contributed by atoms with Gasteiger partial charge in [0.05, 0.1) is 27.7 Å². The van der Waals surface area contributed by atoms with E-state index in [0.717, 1.165) is 5.56 Å². The standard InChI is InChI=1S/C12H17NO4S/c1-12(2,3)8-6-9(13(14)15)11(17-4)10(7-8)18(5)16/h6-7H,1-5H3. The molecule has 0 aliphatic carbocycles. The van der Waals surface area contributed by atoms with E-state index in [4.69, 9.17) is 4.74 Å². The molecule has 0 saturated heterocycles. The van der Waals surface area contributed by atoms with E-state index in [1.54, 1.807) is 6.07 Å². The highest BCUT2D eigenvalue weighted by Gasteiger charge is 2.26. The van der Waals surface area contributed by atoms with E-state index in [1.165, 1.54) is 19.4 Å². The quantitative estimate of drug-likeness (QED) is 0.626. The molecule has 0 amide bonds. The minimum atomic E-state index is -1.34. The van der Waals surface area contributed by atoms with E-state index in [0.29, 0.717) is 4.90 Å². The Bertz CT molecular complexity index is 470. The van der Waals surface area contributed by atoms with E-state index < -0.39 is 15.7 Å². The van der Waals surface area contributed by atoms with Gasteiger partial charge in [-0.25, -0.2) is 0 Å². The Kier molecular flexibility index (Phi) is 4.11. The molecule has 0 aliphatic rings. The van der Waals surface area contributed by atoms with Gasteiger partial charge in [-0.05, 0) is 17.0 Å². The molecule has 0 bridgehead atoms. The zero-order chi connectivity index (χ0) is 14.1. The zero-order valence-corrected chi connectivity index (χ0v) is 12.0. The van der Waals surface area contributed by atoms with Crippen molar-refractivity contribution in [3.63, 3.8) is 0 Å². The maximum atomic E-state index is 11.7. The molecular weight excluding hydrogens is 254 g/mol. The molecule has 1 rings (SSSR count). The van der Waals surface area contributed by atoms with Crippen LogP contribution in [0.5, 0.6) is 5.75 Å². The van der Waals surface area contributed by atoms with Gasteiger partial charge in [-0.15, -0.1) is 0 Å². The van der Waals surface area contributed by atoms with E-state index in [9.17, 15) is 14.3 Å². The largest absolute Gasteiger partial charge is 0.489 e. The van der Waals surface area contributed by atoms with Crippen LogP contribution in [0.15, 0.2) is 17.0 Å². The molecule has 0 radical (unpaired) electrons. The monoisotopic (exact) mass is 271 g/mol. The molecule has 0 aliphatic heterocycles. The van der Waals surface area contributed by atoms with Gasteiger partial charge in [-0.1, -0.05) is 20.8 Å². The fourth-order valence-corrected chi connectivity index (χ4v) is 2.32. The van der Waals surface area contributed by atoms with Gasteiger partial charge in [0, 0.05) is 12.3 Å². The third-order valence-electron chi connectivity index (χ3n) is 2.61. The highest BCUT2D eigenvalue weighted by Crippen LogP contribution is 2.37. The Morgan fingerprint density at radius 3 is 2.22 bits per heavy atom. The molecule has 1 unspecified atom stereocenters. The summed E-state index contributed by atoms with van der Waals surface area (Å²) in [5.41, 5.74) is 0.362. The van der Waals surface area contributed by atoms with Crippen molar-refractivity contribution in [1.82, 2.24) is 0 Å². The summed E-state index contributed by atoms with van der Waals surface area (Å²) in [7, 11) is 0.000970. The van der Waals surface area contributed by atoms with Crippen molar-refractivity contribution >= 4 is 16.5 Å². The summed E-state index contributed by atoms with van der Waals surface area (Å²) in [6.45, 7) is 5.84. The first kappa shape index (κ1) is 14.6. The van der Waals surface area contributed by atoms with Crippen LogP contribution in [0.3, 0.4) is 0 Å². The van der Waals surface area contributed by atoms with Crippen molar-refractivity contribution in [2.45, 2.75) is 31.1 Å². The van der Waals surface area contributed by atoms with Gasteiger partial charge >= 0.3 is 5.69 Å². The molecule has 0 N–H and O–H groups in total. The van der Waals surface area contributed by atoms with E-state index in [2.05, 4.69) is 0 Å². The second-order valence-corrected chi connectivity index (χ2v) is 6.34. The van der Waals surface area contributed by atoms with Gasteiger partial charge < -0.3 is 4.74 Å². The Morgan fingerprint density at radius 2 is 1.89 bits per heavy atom. The Hall–Kier alpha value is -1.43. The van der Waals surface area contributed by atoms with Crippen LogP contribution in [0.1, 0.15) is 26.3 Å². The summed E-state index contributed by atoms with van der Waals surface area (Å²) in [4.78, 5) is 10.9. The highest BCUT2D eigenvalue weighted by molar-refractivity contribution is 7.84. The fraction of sp³-hybridized carbons (Fsp3) is 0.500. The maximum absolute atomic E-state index is 11.7. The van der Waals surface area contributed by atoms with Crippen molar-refractivity contribution in [1.29, 1.82) is 0 Å². The summed E-state index contributed by atoms with van der Waals surface area (Å²) in [5.74, 6) is 0.0776. The molecule has 5 nitrogen and oxygen atoms in total. The number of hydrogen-bond acceptors (Lipinski definition) is 4. The van der Waals surface area contributed by atoms with Crippen molar-refractivity contribution in [2.75, 3.05) is 13.4 Å². The number of nitrogens with zero attached hydrogens (tertiary/aromatic N) is 1. The summed E-state index contributed by atoms with van der Waals surface area (Å²) >= 11 is 0. The first-order valence-electron chi connectivity index (χ1n) is 5.38. The molecule has 18 heavy (non-hydrogen) atoms. The molecule has 0 spiro atoms. The van der Waals surface area contributed by atoms with Gasteiger partial charge in [0.25, 0.3) is 0 Å². The SMILES string of the molecule is COc1c([N+](=O)[O-])cc(C(C)(C)C)cc1S(C)=O. The van der Waals surface area contributed by atoms with Gasteiger partial charge in [0.2, 0.25) is 5.75 Å². The molecule has 100 valence electrons. The van der Waals surface area contributed by atoms with E-state index >= 15 is 0 Å². The molecular formula is C12H17NO4S. The molecule has 6 heteroatoms. The second-order valence-electron chi connectivity index (χ2n) is 4.99. The first-order chi connectivity index (χ1) is 8.18. The third kappa shape index (κ3) is 2.87. The lowest BCUT2D eigenvalue weighted by Crippen LogP contribution is -2.13. The summed E-state index contributed by atoms with van der Waals surface area (Å²) in [6, 6.07) is 3.19. The number of benzene rings is 1. The third-order valence-corrected chi connectivity index (χ3v) is 3.53. The number of nitro groups is 1. The molecule has 1 aromatic rings. The predicted molar refractivity (Wildman–Crippen MR) is 70.7 cm³/mol. The predicted octanol–water partition coefficient (Wildman–Crippen LogP) is 2.64. The smallest absolute Gasteiger partial charge is 0.312 e. The number of nitro benzene ring substituents is 1. The van der Waals surface area contributed by atoms with E-state index in [1.807, 2.05) is 20.8 Å². The molecule has 0 aromatic heterocycles. The fourth-order valence-electron chi connectivity index (χ4n) is 1.57. The molecule has 1 atom stereocenters. The van der Waals surface area contributed by atoms with Crippen molar-refractivity contribution in [3.05, 3.63) is 27.8 Å². The van der Waals surface area contributed by atoms with Crippen LogP contribution in [0, 0.1) is 10.1 Å². The van der Waals surface area contributed by atoms with Crippen LogP contribution in [0.2, 0.25) is 0 Å². The van der Waals surface area contributed by atoms with Gasteiger partial charge in [-0.2, -0.15) is 0 Å². The molecule has 0 fully saturated rings. The Morgan fingerprint density at radius 1 is 1.33 bits per heavy atom. The number of rotatable bonds is 3. The van der Waals surface area contributed by atoms with Gasteiger partial charge in [-0.3, -0.25) is 14.3 Å². The second kappa shape index (κ2) is 5.06. The minimum absolute atomic E-state index is 0.0776. The summed E-state index contributed by atoms with van der Waals surface area (Å²) in [5, 5.41) is 11.1. The van der Waals surface area contributed by atoms with Crippen LogP contribution < -0.4 is 4.74 Å². The summed E-state index contributed by atoms with van der Waals surface area (Å²) < 4.78 is 16.7. The van der Waals surface area contributed by atoms with Crippen LogP contribution in [-0.2, 0) is 16.2 Å². The average Bonchev–Trinajstić information content (AvgIpc) is 2.25. The molecule has 1 aromatic carbocycles. The van der Waals surface area contributed by atoms with Gasteiger partial charge in [0.1, 0.15) is 0 Å². The number of hydrogen-bond donors (Lipinski definition) is 0. The van der Waals surface area contributed by atoms with E-state index in [-0.39, 0.29) is 16.9 Å². The maximum Gasteiger partial charge on any atom is 0.312 e. The normalized spacial score (nSPS) is 13.2. The Labute approximate surface area is 109 Å². The topological polar surface area (TPSA) is 69.4 Å². The average molecular weight is 271 g/mol.